The van der Waals surface area contributed by atoms with Gasteiger partial charge in [0.1, 0.15) is 12.2 Å². The summed E-state index contributed by atoms with van der Waals surface area (Å²) in [4.78, 5) is 15.9. The second-order valence-electron chi connectivity index (χ2n) is 4.12. The number of aromatic nitrogens is 3. The molecular weight excluding hydrogens is 242 g/mol. The molecule has 100 valence electrons. The van der Waals surface area contributed by atoms with Gasteiger partial charge in [0.25, 0.3) is 5.91 Å². The van der Waals surface area contributed by atoms with Gasteiger partial charge >= 0.3 is 0 Å². The zero-order valence-electron chi connectivity index (χ0n) is 10.8. The number of carbonyl (C=O) groups is 1. The summed E-state index contributed by atoms with van der Waals surface area (Å²) < 4.78 is 0. The standard InChI is InChI=1S/C13H17N5O/c1-14-11-6-4-10(5-7-11)13(19)15-8-2-3-12-16-9-17-18-12/h4-7,9,14H,2-3,8H2,1H3,(H,15,19)(H,16,17,18). The van der Waals surface area contributed by atoms with Crippen molar-refractivity contribution >= 4 is 11.6 Å². The maximum absolute atomic E-state index is 11.8. The molecule has 1 amide bonds. The van der Waals surface area contributed by atoms with Gasteiger partial charge in [-0.25, -0.2) is 4.98 Å². The largest absolute Gasteiger partial charge is 0.388 e. The van der Waals surface area contributed by atoms with Gasteiger partial charge in [-0.3, -0.25) is 9.89 Å². The lowest BCUT2D eigenvalue weighted by atomic mass is 10.2. The van der Waals surface area contributed by atoms with Crippen molar-refractivity contribution in [3.8, 4) is 0 Å². The molecule has 0 aliphatic heterocycles. The van der Waals surface area contributed by atoms with Gasteiger partial charge in [-0.1, -0.05) is 0 Å². The first-order valence-electron chi connectivity index (χ1n) is 6.20. The fourth-order valence-corrected chi connectivity index (χ4v) is 1.70. The van der Waals surface area contributed by atoms with E-state index in [4.69, 9.17) is 0 Å². The number of nitrogens with zero attached hydrogens (tertiary/aromatic N) is 2. The van der Waals surface area contributed by atoms with Crippen LogP contribution in [0.5, 0.6) is 0 Å². The second kappa shape index (κ2) is 6.53. The number of rotatable bonds is 6. The van der Waals surface area contributed by atoms with Gasteiger partial charge in [-0.15, -0.1) is 0 Å². The fraction of sp³-hybridized carbons (Fsp3) is 0.308. The Labute approximate surface area is 111 Å². The van der Waals surface area contributed by atoms with Crippen molar-refractivity contribution in [3.05, 3.63) is 42.0 Å². The molecular formula is C13H17N5O. The first-order valence-corrected chi connectivity index (χ1v) is 6.20. The van der Waals surface area contributed by atoms with E-state index >= 15 is 0 Å². The predicted molar refractivity (Wildman–Crippen MR) is 73.0 cm³/mol. The van der Waals surface area contributed by atoms with Crippen LogP contribution in [-0.2, 0) is 6.42 Å². The van der Waals surface area contributed by atoms with Gasteiger partial charge in [0.05, 0.1) is 0 Å². The lowest BCUT2D eigenvalue weighted by molar-refractivity contribution is 0.0953. The minimum Gasteiger partial charge on any atom is -0.388 e. The lowest BCUT2D eigenvalue weighted by Crippen LogP contribution is -2.24. The molecule has 2 aromatic rings. The van der Waals surface area contributed by atoms with E-state index in [-0.39, 0.29) is 5.91 Å². The number of hydrogen-bond acceptors (Lipinski definition) is 4. The normalized spacial score (nSPS) is 10.2. The minimum atomic E-state index is -0.0553. The van der Waals surface area contributed by atoms with Crippen molar-refractivity contribution in [2.24, 2.45) is 0 Å². The van der Waals surface area contributed by atoms with Gasteiger partial charge in [-0.05, 0) is 30.7 Å². The second-order valence-corrected chi connectivity index (χ2v) is 4.12. The van der Waals surface area contributed by atoms with E-state index in [1.807, 2.05) is 19.2 Å². The summed E-state index contributed by atoms with van der Waals surface area (Å²) in [6, 6.07) is 7.36. The van der Waals surface area contributed by atoms with Crippen LogP contribution in [0.3, 0.4) is 0 Å². The number of nitrogens with one attached hydrogen (secondary N) is 3. The Bertz CT molecular complexity index is 506. The van der Waals surface area contributed by atoms with Crippen LogP contribution in [0.25, 0.3) is 0 Å². The quantitative estimate of drug-likeness (QED) is 0.681. The number of amides is 1. The zero-order chi connectivity index (χ0) is 13.5. The van der Waals surface area contributed by atoms with Crippen LogP contribution < -0.4 is 10.6 Å². The third-order valence-corrected chi connectivity index (χ3v) is 2.78. The van der Waals surface area contributed by atoms with E-state index in [0.29, 0.717) is 12.1 Å². The first-order chi connectivity index (χ1) is 9.29. The molecule has 0 unspecified atom stereocenters. The molecule has 19 heavy (non-hydrogen) atoms. The number of aromatic amines is 1. The fourth-order valence-electron chi connectivity index (χ4n) is 1.70. The van der Waals surface area contributed by atoms with E-state index in [1.165, 1.54) is 6.33 Å². The molecule has 6 nitrogen and oxygen atoms in total. The van der Waals surface area contributed by atoms with Gasteiger partial charge in [0, 0.05) is 31.3 Å². The summed E-state index contributed by atoms with van der Waals surface area (Å²) in [6.45, 7) is 0.618. The van der Waals surface area contributed by atoms with Crippen LogP contribution in [0.1, 0.15) is 22.6 Å². The number of benzene rings is 1. The number of carbonyl (C=O) groups excluding carboxylic acids is 1. The highest BCUT2D eigenvalue weighted by Crippen LogP contribution is 2.08. The summed E-state index contributed by atoms with van der Waals surface area (Å²) in [6.07, 6.45) is 3.09. The van der Waals surface area contributed by atoms with Crippen molar-refractivity contribution in [2.75, 3.05) is 18.9 Å². The number of H-pyrrole nitrogens is 1. The van der Waals surface area contributed by atoms with Crippen LogP contribution in [0, 0.1) is 0 Å². The van der Waals surface area contributed by atoms with E-state index < -0.39 is 0 Å². The summed E-state index contributed by atoms with van der Waals surface area (Å²) in [5.41, 5.74) is 1.65. The molecule has 0 bridgehead atoms. The van der Waals surface area contributed by atoms with Crippen LogP contribution >= 0.6 is 0 Å². The Balaban J connectivity index is 1.74. The Morgan fingerprint density at radius 1 is 1.32 bits per heavy atom. The smallest absolute Gasteiger partial charge is 0.251 e. The molecule has 3 N–H and O–H groups in total. The number of hydrogen-bond donors (Lipinski definition) is 3. The molecule has 0 atom stereocenters. The maximum Gasteiger partial charge on any atom is 0.251 e. The van der Waals surface area contributed by atoms with Crippen molar-refractivity contribution in [1.29, 1.82) is 0 Å². The molecule has 0 aliphatic carbocycles. The third kappa shape index (κ3) is 3.80. The van der Waals surface area contributed by atoms with Crippen LogP contribution in [-0.4, -0.2) is 34.7 Å². The van der Waals surface area contributed by atoms with Gasteiger partial charge < -0.3 is 10.6 Å². The molecule has 0 saturated carbocycles. The van der Waals surface area contributed by atoms with Crippen molar-refractivity contribution in [2.45, 2.75) is 12.8 Å². The Hall–Kier alpha value is -2.37. The predicted octanol–water partition coefficient (Wildman–Crippen LogP) is 1.21. The SMILES string of the molecule is CNc1ccc(C(=O)NCCCc2ncn[nH]2)cc1. The summed E-state index contributed by atoms with van der Waals surface area (Å²) in [5, 5.41) is 12.4. The van der Waals surface area contributed by atoms with Gasteiger partial charge in [0.2, 0.25) is 0 Å². The molecule has 1 heterocycles. The number of anilines is 1. The van der Waals surface area contributed by atoms with Gasteiger partial charge in [0.15, 0.2) is 0 Å². The average Bonchev–Trinajstić information content (AvgIpc) is 2.96. The molecule has 0 saturated heterocycles. The summed E-state index contributed by atoms with van der Waals surface area (Å²) in [7, 11) is 1.85. The van der Waals surface area contributed by atoms with E-state index in [0.717, 1.165) is 24.4 Å². The molecule has 0 radical (unpaired) electrons. The van der Waals surface area contributed by atoms with E-state index in [9.17, 15) is 4.79 Å². The van der Waals surface area contributed by atoms with Crippen LogP contribution in [0.2, 0.25) is 0 Å². The summed E-state index contributed by atoms with van der Waals surface area (Å²) >= 11 is 0. The number of aryl methyl sites for hydroxylation is 1. The molecule has 2 rings (SSSR count). The van der Waals surface area contributed by atoms with Crippen molar-refractivity contribution < 1.29 is 4.79 Å². The van der Waals surface area contributed by atoms with E-state index in [2.05, 4.69) is 25.8 Å². The van der Waals surface area contributed by atoms with Crippen LogP contribution in [0.4, 0.5) is 5.69 Å². The molecule has 1 aromatic carbocycles. The zero-order valence-corrected chi connectivity index (χ0v) is 10.8. The van der Waals surface area contributed by atoms with E-state index in [1.54, 1.807) is 12.1 Å². The van der Waals surface area contributed by atoms with Crippen molar-refractivity contribution in [3.63, 3.8) is 0 Å². The van der Waals surface area contributed by atoms with Crippen molar-refractivity contribution in [1.82, 2.24) is 20.5 Å². The molecule has 0 spiro atoms. The Morgan fingerprint density at radius 2 is 2.11 bits per heavy atom. The molecule has 6 heteroatoms. The molecule has 1 aromatic heterocycles. The average molecular weight is 259 g/mol. The van der Waals surface area contributed by atoms with Gasteiger partial charge in [-0.2, -0.15) is 5.10 Å². The van der Waals surface area contributed by atoms with Crippen LogP contribution in [0.15, 0.2) is 30.6 Å². The molecule has 0 aliphatic rings. The Kier molecular flexibility index (Phi) is 4.49. The monoisotopic (exact) mass is 259 g/mol. The molecule has 0 fully saturated rings. The topological polar surface area (TPSA) is 82.7 Å². The lowest BCUT2D eigenvalue weighted by Gasteiger charge is -2.05. The highest BCUT2D eigenvalue weighted by atomic mass is 16.1. The minimum absolute atomic E-state index is 0.0553. The highest BCUT2D eigenvalue weighted by Gasteiger charge is 2.04. The maximum atomic E-state index is 11.8. The summed E-state index contributed by atoms with van der Waals surface area (Å²) in [5.74, 6) is 0.785. The first kappa shape index (κ1) is 13.1. The third-order valence-electron chi connectivity index (χ3n) is 2.78. The highest BCUT2D eigenvalue weighted by molar-refractivity contribution is 5.94. The Morgan fingerprint density at radius 3 is 2.74 bits per heavy atom.